The van der Waals surface area contributed by atoms with Gasteiger partial charge in [0.15, 0.2) is 5.89 Å². The van der Waals surface area contributed by atoms with Crippen LogP contribution in [-0.4, -0.2) is 18.2 Å². The first-order valence-corrected chi connectivity index (χ1v) is 5.17. The molecule has 1 unspecified atom stereocenters. The molecule has 0 saturated carbocycles. The Kier molecular flexibility index (Phi) is 3.21. The van der Waals surface area contributed by atoms with E-state index in [9.17, 15) is 8.78 Å². The Balaban J connectivity index is 2.25. The maximum Gasteiger partial charge on any atom is 0.283 e. The molecule has 0 aromatic carbocycles. The standard InChI is InChI=1S/C9H10ClF2NO2/c10-3-6-7(8(11)12)13-9(15-6)5-1-2-14-4-5/h5,8H,1-4H2. The molecule has 0 spiro atoms. The lowest BCUT2D eigenvalue weighted by atomic mass is 10.1. The van der Waals surface area contributed by atoms with E-state index in [2.05, 4.69) is 4.98 Å². The summed E-state index contributed by atoms with van der Waals surface area (Å²) in [5.41, 5.74) is -0.341. The molecule has 84 valence electrons. The van der Waals surface area contributed by atoms with E-state index in [1.54, 1.807) is 0 Å². The molecular weight excluding hydrogens is 228 g/mol. The van der Waals surface area contributed by atoms with Crippen molar-refractivity contribution < 1.29 is 17.9 Å². The van der Waals surface area contributed by atoms with Crippen LogP contribution in [0.25, 0.3) is 0 Å². The predicted octanol–water partition coefficient (Wildman–Crippen LogP) is 2.85. The minimum absolute atomic E-state index is 0.0144. The normalized spacial score (nSPS) is 21.5. The molecule has 1 atom stereocenters. The third-order valence-corrected chi connectivity index (χ3v) is 2.59. The van der Waals surface area contributed by atoms with Crippen molar-refractivity contribution in [1.29, 1.82) is 0 Å². The highest BCUT2D eigenvalue weighted by molar-refractivity contribution is 6.16. The average Bonchev–Trinajstić information content (AvgIpc) is 2.86. The third kappa shape index (κ3) is 2.13. The number of hydrogen-bond acceptors (Lipinski definition) is 3. The van der Waals surface area contributed by atoms with Gasteiger partial charge in [-0.05, 0) is 6.42 Å². The van der Waals surface area contributed by atoms with Crippen LogP contribution in [0.3, 0.4) is 0 Å². The van der Waals surface area contributed by atoms with Crippen molar-refractivity contribution in [3.8, 4) is 0 Å². The maximum absolute atomic E-state index is 12.5. The molecule has 1 aliphatic heterocycles. The minimum atomic E-state index is -2.64. The molecule has 0 aliphatic carbocycles. The first-order chi connectivity index (χ1) is 7.22. The first-order valence-electron chi connectivity index (χ1n) is 4.63. The van der Waals surface area contributed by atoms with Crippen molar-refractivity contribution in [2.45, 2.75) is 24.6 Å². The fraction of sp³-hybridized carbons (Fsp3) is 0.667. The van der Waals surface area contributed by atoms with Gasteiger partial charge in [-0.1, -0.05) is 0 Å². The zero-order valence-corrected chi connectivity index (χ0v) is 8.64. The van der Waals surface area contributed by atoms with Crippen LogP contribution < -0.4 is 0 Å². The Morgan fingerprint density at radius 3 is 2.80 bits per heavy atom. The fourth-order valence-corrected chi connectivity index (χ4v) is 1.74. The number of ether oxygens (including phenoxy) is 1. The van der Waals surface area contributed by atoms with E-state index in [-0.39, 0.29) is 23.3 Å². The number of alkyl halides is 3. The van der Waals surface area contributed by atoms with E-state index in [1.165, 1.54) is 0 Å². The van der Waals surface area contributed by atoms with Gasteiger partial charge < -0.3 is 9.15 Å². The lowest BCUT2D eigenvalue weighted by molar-refractivity contribution is 0.144. The number of oxazole rings is 1. The number of hydrogen-bond donors (Lipinski definition) is 0. The molecule has 1 aliphatic rings. The summed E-state index contributed by atoms with van der Waals surface area (Å²) in [6, 6.07) is 0. The third-order valence-electron chi connectivity index (χ3n) is 2.35. The van der Waals surface area contributed by atoms with Crippen LogP contribution in [0, 0.1) is 0 Å². The lowest BCUT2D eigenvalue weighted by Gasteiger charge is -1.99. The van der Waals surface area contributed by atoms with Crippen molar-refractivity contribution in [2.24, 2.45) is 0 Å². The highest BCUT2D eigenvalue weighted by Crippen LogP contribution is 2.30. The zero-order chi connectivity index (χ0) is 10.8. The van der Waals surface area contributed by atoms with Crippen LogP contribution in [0.1, 0.15) is 36.1 Å². The summed E-state index contributed by atoms with van der Waals surface area (Å²) in [7, 11) is 0. The summed E-state index contributed by atoms with van der Waals surface area (Å²) in [4.78, 5) is 3.78. The molecule has 15 heavy (non-hydrogen) atoms. The van der Waals surface area contributed by atoms with Gasteiger partial charge in [-0.25, -0.2) is 13.8 Å². The van der Waals surface area contributed by atoms with E-state index in [4.69, 9.17) is 20.8 Å². The van der Waals surface area contributed by atoms with Gasteiger partial charge in [0.25, 0.3) is 6.43 Å². The number of aromatic nitrogens is 1. The fourth-order valence-electron chi connectivity index (χ4n) is 1.55. The van der Waals surface area contributed by atoms with E-state index in [0.717, 1.165) is 6.42 Å². The summed E-state index contributed by atoms with van der Waals surface area (Å²) in [5.74, 6) is 0.284. The van der Waals surface area contributed by atoms with E-state index < -0.39 is 6.43 Å². The van der Waals surface area contributed by atoms with Crippen LogP contribution in [0.2, 0.25) is 0 Å². The Bertz CT molecular complexity index is 337. The number of rotatable bonds is 3. The molecule has 2 heterocycles. The van der Waals surface area contributed by atoms with E-state index >= 15 is 0 Å². The van der Waals surface area contributed by atoms with Crippen LogP contribution in [-0.2, 0) is 10.6 Å². The van der Waals surface area contributed by atoms with Crippen molar-refractivity contribution in [3.05, 3.63) is 17.3 Å². The smallest absolute Gasteiger partial charge is 0.283 e. The lowest BCUT2D eigenvalue weighted by Crippen LogP contribution is -1.98. The molecule has 3 nitrogen and oxygen atoms in total. The van der Waals surface area contributed by atoms with Gasteiger partial charge in [0, 0.05) is 6.61 Å². The molecule has 1 aromatic heterocycles. The molecule has 0 amide bonds. The van der Waals surface area contributed by atoms with Crippen molar-refractivity contribution in [1.82, 2.24) is 4.98 Å². The predicted molar refractivity (Wildman–Crippen MR) is 49.2 cm³/mol. The first kappa shape index (κ1) is 10.8. The van der Waals surface area contributed by atoms with Crippen molar-refractivity contribution in [3.63, 3.8) is 0 Å². The zero-order valence-electron chi connectivity index (χ0n) is 7.88. The molecule has 2 rings (SSSR count). The second-order valence-electron chi connectivity index (χ2n) is 3.36. The maximum atomic E-state index is 12.5. The molecular formula is C9H10ClF2NO2. The Morgan fingerprint density at radius 2 is 2.33 bits per heavy atom. The van der Waals surface area contributed by atoms with Crippen LogP contribution >= 0.6 is 11.6 Å². The molecule has 1 saturated heterocycles. The highest BCUT2D eigenvalue weighted by atomic mass is 35.5. The quantitative estimate of drug-likeness (QED) is 0.759. The van der Waals surface area contributed by atoms with Crippen LogP contribution in [0.5, 0.6) is 0 Å². The SMILES string of the molecule is FC(F)c1nc(C2CCOC2)oc1CCl. The summed E-state index contributed by atoms with van der Waals surface area (Å²) in [6.45, 7) is 1.10. The summed E-state index contributed by atoms with van der Waals surface area (Å²) in [5, 5.41) is 0. The van der Waals surface area contributed by atoms with Crippen LogP contribution in [0.15, 0.2) is 4.42 Å². The minimum Gasteiger partial charge on any atom is -0.444 e. The monoisotopic (exact) mass is 237 g/mol. The van der Waals surface area contributed by atoms with Gasteiger partial charge in [0.05, 0.1) is 18.4 Å². The molecule has 6 heteroatoms. The van der Waals surface area contributed by atoms with Gasteiger partial charge in [-0.2, -0.15) is 0 Å². The number of nitrogens with zero attached hydrogens (tertiary/aromatic N) is 1. The second-order valence-corrected chi connectivity index (χ2v) is 3.62. The van der Waals surface area contributed by atoms with Gasteiger partial charge in [-0.3, -0.25) is 0 Å². The van der Waals surface area contributed by atoms with E-state index in [0.29, 0.717) is 19.1 Å². The molecule has 0 N–H and O–H groups in total. The molecule has 1 fully saturated rings. The van der Waals surface area contributed by atoms with E-state index in [1.807, 2.05) is 0 Å². The van der Waals surface area contributed by atoms with Gasteiger partial charge in [0.1, 0.15) is 11.5 Å². The van der Waals surface area contributed by atoms with Gasteiger partial charge in [0.2, 0.25) is 0 Å². The Hall–Kier alpha value is -0.680. The number of halogens is 3. The molecule has 0 bridgehead atoms. The van der Waals surface area contributed by atoms with Gasteiger partial charge in [-0.15, -0.1) is 11.6 Å². The second kappa shape index (κ2) is 4.45. The van der Waals surface area contributed by atoms with Crippen molar-refractivity contribution >= 4 is 11.6 Å². The summed E-state index contributed by atoms with van der Waals surface area (Å²) < 4.78 is 35.3. The average molecular weight is 238 g/mol. The van der Waals surface area contributed by atoms with Crippen molar-refractivity contribution in [2.75, 3.05) is 13.2 Å². The molecule has 1 aromatic rings. The van der Waals surface area contributed by atoms with Gasteiger partial charge >= 0.3 is 0 Å². The largest absolute Gasteiger partial charge is 0.444 e. The summed E-state index contributed by atoms with van der Waals surface area (Å²) >= 11 is 5.50. The topological polar surface area (TPSA) is 35.3 Å². The highest BCUT2D eigenvalue weighted by Gasteiger charge is 2.27. The Morgan fingerprint density at radius 1 is 1.53 bits per heavy atom. The Labute approximate surface area is 90.4 Å². The summed E-state index contributed by atoms with van der Waals surface area (Å²) in [6.07, 6.45) is -1.89. The molecule has 0 radical (unpaired) electrons. The van der Waals surface area contributed by atoms with Crippen LogP contribution in [0.4, 0.5) is 8.78 Å².